The number of aromatic nitrogens is 5. The van der Waals surface area contributed by atoms with Gasteiger partial charge in [-0.25, -0.2) is 0 Å². The van der Waals surface area contributed by atoms with Crippen molar-refractivity contribution >= 4 is 11.8 Å². The molecule has 2 heterocycles. The van der Waals surface area contributed by atoms with Crippen molar-refractivity contribution in [3.8, 4) is 17.1 Å². The van der Waals surface area contributed by atoms with Gasteiger partial charge in [-0.1, -0.05) is 16.9 Å². The molecule has 130 valence electrons. The Morgan fingerprint density at radius 1 is 1.24 bits per heavy atom. The van der Waals surface area contributed by atoms with Gasteiger partial charge in [0, 0.05) is 18.0 Å². The van der Waals surface area contributed by atoms with Crippen LogP contribution < -0.4 is 4.74 Å². The highest BCUT2D eigenvalue weighted by molar-refractivity contribution is 7.98. The van der Waals surface area contributed by atoms with Crippen LogP contribution in [-0.2, 0) is 12.3 Å². The van der Waals surface area contributed by atoms with E-state index in [0.29, 0.717) is 23.4 Å². The monoisotopic (exact) mass is 357 g/mol. The number of hydrogen-bond acceptors (Lipinski definition) is 7. The van der Waals surface area contributed by atoms with E-state index in [1.807, 2.05) is 24.3 Å². The van der Waals surface area contributed by atoms with E-state index in [9.17, 15) is 0 Å². The number of thioether (sulfide) groups is 1. The van der Waals surface area contributed by atoms with E-state index in [-0.39, 0.29) is 0 Å². The molecule has 2 aromatic heterocycles. The highest BCUT2D eigenvalue weighted by Crippen LogP contribution is 2.40. The Bertz CT molecular complexity index is 854. The van der Waals surface area contributed by atoms with Crippen molar-refractivity contribution in [2.24, 2.45) is 0 Å². The Morgan fingerprint density at radius 2 is 2.04 bits per heavy atom. The van der Waals surface area contributed by atoms with Gasteiger partial charge < -0.3 is 13.8 Å². The second kappa shape index (κ2) is 6.87. The molecule has 0 unspecified atom stereocenters. The zero-order valence-corrected chi connectivity index (χ0v) is 15.0. The van der Waals surface area contributed by atoms with Crippen molar-refractivity contribution in [2.75, 3.05) is 7.11 Å². The first-order valence-corrected chi connectivity index (χ1v) is 9.30. The molecule has 4 rings (SSSR count). The summed E-state index contributed by atoms with van der Waals surface area (Å²) in [5.74, 6) is 4.23. The van der Waals surface area contributed by atoms with E-state index in [2.05, 4.69) is 31.8 Å². The number of ether oxygens (including phenoxy) is 1. The molecule has 1 fully saturated rings. The van der Waals surface area contributed by atoms with Crippen LogP contribution in [0.25, 0.3) is 11.4 Å². The van der Waals surface area contributed by atoms with E-state index in [1.54, 1.807) is 18.9 Å². The Balaban J connectivity index is 1.44. The molecule has 0 saturated heterocycles. The lowest BCUT2D eigenvalue weighted by Gasteiger charge is -2.04. The highest BCUT2D eigenvalue weighted by Gasteiger charge is 2.30. The van der Waals surface area contributed by atoms with E-state index < -0.39 is 0 Å². The Morgan fingerprint density at radius 3 is 2.72 bits per heavy atom. The molecule has 1 aliphatic rings. The molecule has 3 aromatic rings. The summed E-state index contributed by atoms with van der Waals surface area (Å²) in [6, 6.07) is 7.58. The van der Waals surface area contributed by atoms with Gasteiger partial charge in [0.25, 0.3) is 0 Å². The average Bonchev–Trinajstić information content (AvgIpc) is 3.24. The SMILES string of the molecule is CCn1c(SCc2nc(-c3ccc(OC)cc3)no2)nnc1C1CC1. The van der Waals surface area contributed by atoms with Crippen LogP contribution in [0.3, 0.4) is 0 Å². The quantitative estimate of drug-likeness (QED) is 0.599. The molecule has 0 aliphatic heterocycles. The summed E-state index contributed by atoms with van der Waals surface area (Å²) in [5.41, 5.74) is 0.897. The third-order valence-electron chi connectivity index (χ3n) is 4.15. The van der Waals surface area contributed by atoms with Crippen LogP contribution in [0.4, 0.5) is 0 Å². The lowest BCUT2D eigenvalue weighted by molar-refractivity contribution is 0.391. The van der Waals surface area contributed by atoms with Crippen LogP contribution in [0.15, 0.2) is 33.9 Å². The van der Waals surface area contributed by atoms with Crippen molar-refractivity contribution in [3.05, 3.63) is 36.0 Å². The summed E-state index contributed by atoms with van der Waals surface area (Å²) in [4.78, 5) is 4.46. The third kappa shape index (κ3) is 3.39. The summed E-state index contributed by atoms with van der Waals surface area (Å²) < 4.78 is 12.7. The van der Waals surface area contributed by atoms with Gasteiger partial charge >= 0.3 is 0 Å². The van der Waals surface area contributed by atoms with Crippen LogP contribution in [0.1, 0.15) is 37.4 Å². The molecule has 7 nitrogen and oxygen atoms in total. The fraction of sp³-hybridized carbons (Fsp3) is 0.412. The average molecular weight is 357 g/mol. The fourth-order valence-electron chi connectivity index (χ4n) is 2.64. The number of rotatable bonds is 7. The van der Waals surface area contributed by atoms with Gasteiger partial charge in [0.1, 0.15) is 11.6 Å². The summed E-state index contributed by atoms with van der Waals surface area (Å²) in [6.07, 6.45) is 2.44. The van der Waals surface area contributed by atoms with Crippen LogP contribution in [0, 0.1) is 0 Å². The molecule has 0 radical (unpaired) electrons. The van der Waals surface area contributed by atoms with Crippen molar-refractivity contribution in [3.63, 3.8) is 0 Å². The van der Waals surface area contributed by atoms with Gasteiger partial charge in [-0.3, -0.25) is 0 Å². The first kappa shape index (κ1) is 16.1. The molecule has 1 aromatic carbocycles. The standard InChI is InChI=1S/C17H19N5O2S/c1-3-22-16(12-4-5-12)19-20-17(22)25-10-14-18-15(21-24-14)11-6-8-13(23-2)9-7-11/h6-9,12H,3-5,10H2,1-2H3. The summed E-state index contributed by atoms with van der Waals surface area (Å²) in [6.45, 7) is 3.00. The fourth-order valence-corrected chi connectivity index (χ4v) is 3.49. The summed E-state index contributed by atoms with van der Waals surface area (Å²) in [7, 11) is 1.64. The molecule has 1 aliphatic carbocycles. The molecule has 0 bridgehead atoms. The lowest BCUT2D eigenvalue weighted by Crippen LogP contribution is -2.02. The summed E-state index contributed by atoms with van der Waals surface area (Å²) >= 11 is 1.58. The van der Waals surface area contributed by atoms with Gasteiger partial charge in [-0.2, -0.15) is 4.98 Å². The minimum absolute atomic E-state index is 0.575. The minimum Gasteiger partial charge on any atom is -0.497 e. The van der Waals surface area contributed by atoms with E-state index in [4.69, 9.17) is 9.26 Å². The van der Waals surface area contributed by atoms with E-state index >= 15 is 0 Å². The molecular formula is C17H19N5O2S. The van der Waals surface area contributed by atoms with Crippen molar-refractivity contribution < 1.29 is 9.26 Å². The third-order valence-corrected chi connectivity index (χ3v) is 5.10. The maximum absolute atomic E-state index is 5.37. The molecule has 1 saturated carbocycles. The normalized spacial score (nSPS) is 14.0. The topological polar surface area (TPSA) is 78.9 Å². The maximum atomic E-state index is 5.37. The summed E-state index contributed by atoms with van der Waals surface area (Å²) in [5, 5.41) is 13.6. The van der Waals surface area contributed by atoms with Crippen LogP contribution in [-0.4, -0.2) is 32.0 Å². The smallest absolute Gasteiger partial charge is 0.237 e. The zero-order valence-electron chi connectivity index (χ0n) is 14.2. The number of hydrogen-bond donors (Lipinski definition) is 0. The second-order valence-corrected chi connectivity index (χ2v) is 6.83. The molecule has 0 spiro atoms. The minimum atomic E-state index is 0.575. The number of methoxy groups -OCH3 is 1. The Hall–Kier alpha value is -2.35. The van der Waals surface area contributed by atoms with Crippen LogP contribution >= 0.6 is 11.8 Å². The first-order chi connectivity index (χ1) is 12.3. The largest absolute Gasteiger partial charge is 0.497 e. The van der Waals surface area contributed by atoms with Gasteiger partial charge in [0.05, 0.1) is 12.9 Å². The highest BCUT2D eigenvalue weighted by atomic mass is 32.2. The van der Waals surface area contributed by atoms with Gasteiger partial charge in [0.2, 0.25) is 11.7 Å². The van der Waals surface area contributed by atoms with Crippen LogP contribution in [0.5, 0.6) is 5.75 Å². The lowest BCUT2D eigenvalue weighted by atomic mass is 10.2. The molecular weight excluding hydrogens is 338 g/mol. The predicted octanol–water partition coefficient (Wildman–Crippen LogP) is 3.53. The number of benzene rings is 1. The molecule has 8 heteroatoms. The van der Waals surface area contributed by atoms with Crippen molar-refractivity contribution in [1.82, 2.24) is 24.9 Å². The van der Waals surface area contributed by atoms with Gasteiger partial charge in [0.15, 0.2) is 5.16 Å². The molecule has 25 heavy (non-hydrogen) atoms. The Labute approximate surface area is 149 Å². The first-order valence-electron chi connectivity index (χ1n) is 8.31. The van der Waals surface area contributed by atoms with Crippen molar-refractivity contribution in [1.29, 1.82) is 0 Å². The molecule has 0 atom stereocenters. The van der Waals surface area contributed by atoms with Gasteiger partial charge in [-0.05, 0) is 44.0 Å². The van der Waals surface area contributed by atoms with Gasteiger partial charge in [-0.15, -0.1) is 10.2 Å². The predicted molar refractivity (Wildman–Crippen MR) is 93.5 cm³/mol. The van der Waals surface area contributed by atoms with E-state index in [1.165, 1.54) is 12.8 Å². The number of nitrogens with zero attached hydrogens (tertiary/aromatic N) is 5. The second-order valence-electron chi connectivity index (χ2n) is 5.89. The maximum Gasteiger partial charge on any atom is 0.237 e. The molecule has 0 amide bonds. The zero-order chi connectivity index (χ0) is 17.2. The van der Waals surface area contributed by atoms with Crippen molar-refractivity contribution in [2.45, 2.75) is 43.1 Å². The molecule has 0 N–H and O–H groups in total. The van der Waals surface area contributed by atoms with E-state index in [0.717, 1.165) is 28.8 Å². The Kier molecular flexibility index (Phi) is 4.44. The van der Waals surface area contributed by atoms with Crippen LogP contribution in [0.2, 0.25) is 0 Å².